The number of rotatable bonds is 4. The maximum atomic E-state index is 12.4. The van der Waals surface area contributed by atoms with Crippen LogP contribution in [0.1, 0.15) is 42.5 Å². The highest BCUT2D eigenvalue weighted by atomic mass is 32.2. The van der Waals surface area contributed by atoms with Gasteiger partial charge >= 0.3 is 0 Å². The van der Waals surface area contributed by atoms with Gasteiger partial charge in [0, 0.05) is 6.04 Å². The number of hydrogen-bond acceptors (Lipinski definition) is 2. The molecule has 1 aliphatic rings. The Morgan fingerprint density at radius 2 is 1.64 bits per heavy atom. The van der Waals surface area contributed by atoms with Gasteiger partial charge in [0.05, 0.1) is 4.90 Å². The second kappa shape index (κ2) is 6.23. The minimum Gasteiger partial charge on any atom is -0.207 e. The highest BCUT2D eigenvalue weighted by Gasteiger charge is 2.19. The minimum absolute atomic E-state index is 0.238. The minimum atomic E-state index is -3.48. The summed E-state index contributed by atoms with van der Waals surface area (Å²) in [6.45, 7) is 1.89. The van der Waals surface area contributed by atoms with E-state index in [1.165, 1.54) is 24.0 Å². The maximum Gasteiger partial charge on any atom is 0.241 e. The summed E-state index contributed by atoms with van der Waals surface area (Å²) in [5.41, 5.74) is 3.81. The Kier molecular flexibility index (Phi) is 4.32. The normalized spacial score (nSPS) is 16.0. The molecule has 4 heteroatoms. The average molecular weight is 315 g/mol. The van der Waals surface area contributed by atoms with E-state index in [4.69, 9.17) is 0 Å². The molecule has 1 aliphatic carbocycles. The summed E-state index contributed by atoms with van der Waals surface area (Å²) >= 11 is 0. The molecule has 0 saturated carbocycles. The molecule has 0 spiro atoms. The number of fused-ring (bicyclic) bond motifs is 1. The molecule has 22 heavy (non-hydrogen) atoms. The molecule has 0 aromatic heterocycles. The molecule has 1 N–H and O–H groups in total. The molecule has 0 bridgehead atoms. The van der Waals surface area contributed by atoms with Crippen LogP contribution in [0.2, 0.25) is 0 Å². The van der Waals surface area contributed by atoms with Crippen LogP contribution in [0.3, 0.4) is 0 Å². The molecule has 3 nitrogen and oxygen atoms in total. The van der Waals surface area contributed by atoms with Gasteiger partial charge in [0.1, 0.15) is 0 Å². The van der Waals surface area contributed by atoms with Gasteiger partial charge < -0.3 is 0 Å². The van der Waals surface area contributed by atoms with E-state index in [2.05, 4.69) is 16.9 Å². The zero-order valence-corrected chi connectivity index (χ0v) is 13.6. The van der Waals surface area contributed by atoms with Crippen molar-refractivity contribution >= 4 is 10.0 Å². The van der Waals surface area contributed by atoms with E-state index in [0.717, 1.165) is 18.4 Å². The smallest absolute Gasteiger partial charge is 0.207 e. The van der Waals surface area contributed by atoms with Gasteiger partial charge in [-0.15, -0.1) is 0 Å². The van der Waals surface area contributed by atoms with Gasteiger partial charge in [-0.05, 0) is 61.4 Å². The van der Waals surface area contributed by atoms with Crippen molar-refractivity contribution in [2.45, 2.75) is 43.5 Å². The Morgan fingerprint density at radius 3 is 2.36 bits per heavy atom. The van der Waals surface area contributed by atoms with Crippen molar-refractivity contribution in [1.82, 2.24) is 4.72 Å². The fourth-order valence-corrected chi connectivity index (χ4v) is 4.24. The SMILES string of the molecule is C[C@H](NS(=O)(=O)c1ccccc1)c1ccc2c(c1)CCCC2. The monoisotopic (exact) mass is 315 g/mol. The van der Waals surface area contributed by atoms with E-state index in [1.807, 2.05) is 19.1 Å². The van der Waals surface area contributed by atoms with Crippen LogP contribution in [0.15, 0.2) is 53.4 Å². The van der Waals surface area contributed by atoms with Crippen LogP contribution >= 0.6 is 0 Å². The van der Waals surface area contributed by atoms with Crippen molar-refractivity contribution in [2.24, 2.45) is 0 Å². The molecule has 0 unspecified atom stereocenters. The molecule has 3 rings (SSSR count). The second-order valence-electron chi connectivity index (χ2n) is 5.89. The molecule has 0 aliphatic heterocycles. The van der Waals surface area contributed by atoms with Crippen LogP contribution < -0.4 is 4.72 Å². The Labute approximate surface area is 132 Å². The summed E-state index contributed by atoms with van der Waals surface area (Å²) in [5, 5.41) is 0. The Balaban J connectivity index is 1.81. The van der Waals surface area contributed by atoms with E-state index < -0.39 is 10.0 Å². The third kappa shape index (κ3) is 3.23. The first-order chi connectivity index (χ1) is 10.6. The van der Waals surface area contributed by atoms with Gasteiger partial charge in [-0.2, -0.15) is 0 Å². The summed E-state index contributed by atoms with van der Waals surface area (Å²) in [5.74, 6) is 0. The zero-order chi connectivity index (χ0) is 15.6. The average Bonchev–Trinajstić information content (AvgIpc) is 2.55. The van der Waals surface area contributed by atoms with Gasteiger partial charge in [-0.25, -0.2) is 13.1 Å². The first kappa shape index (κ1) is 15.3. The number of benzene rings is 2. The first-order valence-corrected chi connectivity index (χ1v) is 9.24. The second-order valence-corrected chi connectivity index (χ2v) is 7.61. The first-order valence-electron chi connectivity index (χ1n) is 7.75. The quantitative estimate of drug-likeness (QED) is 0.937. The van der Waals surface area contributed by atoms with Crippen molar-refractivity contribution in [3.05, 3.63) is 65.2 Å². The lowest BCUT2D eigenvalue weighted by Gasteiger charge is -2.20. The lowest BCUT2D eigenvalue weighted by Crippen LogP contribution is -2.27. The summed E-state index contributed by atoms with van der Waals surface area (Å²) in [6, 6.07) is 14.6. The van der Waals surface area contributed by atoms with Gasteiger partial charge in [-0.3, -0.25) is 0 Å². The Bertz CT molecular complexity index is 754. The van der Waals surface area contributed by atoms with Crippen LogP contribution in [-0.4, -0.2) is 8.42 Å². The topological polar surface area (TPSA) is 46.2 Å². The van der Waals surface area contributed by atoms with Crippen molar-refractivity contribution < 1.29 is 8.42 Å². The van der Waals surface area contributed by atoms with E-state index in [0.29, 0.717) is 4.90 Å². The molecular weight excluding hydrogens is 294 g/mol. The van der Waals surface area contributed by atoms with Crippen LogP contribution in [0.25, 0.3) is 0 Å². The van der Waals surface area contributed by atoms with E-state index >= 15 is 0 Å². The summed E-state index contributed by atoms with van der Waals surface area (Å²) in [7, 11) is -3.48. The number of hydrogen-bond donors (Lipinski definition) is 1. The van der Waals surface area contributed by atoms with Crippen molar-refractivity contribution in [3.8, 4) is 0 Å². The van der Waals surface area contributed by atoms with Gasteiger partial charge in [0.25, 0.3) is 0 Å². The number of aryl methyl sites for hydroxylation is 2. The fourth-order valence-electron chi connectivity index (χ4n) is 2.99. The third-order valence-electron chi connectivity index (χ3n) is 4.26. The number of nitrogens with one attached hydrogen (secondary N) is 1. The lowest BCUT2D eigenvalue weighted by molar-refractivity contribution is 0.566. The highest BCUT2D eigenvalue weighted by molar-refractivity contribution is 7.89. The highest BCUT2D eigenvalue weighted by Crippen LogP contribution is 2.25. The van der Waals surface area contributed by atoms with E-state index in [-0.39, 0.29) is 6.04 Å². The molecule has 0 saturated heterocycles. The van der Waals surface area contributed by atoms with Gasteiger partial charge in [-0.1, -0.05) is 36.4 Å². The zero-order valence-electron chi connectivity index (χ0n) is 12.7. The van der Waals surface area contributed by atoms with Crippen LogP contribution in [-0.2, 0) is 22.9 Å². The van der Waals surface area contributed by atoms with Crippen LogP contribution in [0, 0.1) is 0 Å². The maximum absolute atomic E-state index is 12.4. The molecule has 2 aromatic carbocycles. The Morgan fingerprint density at radius 1 is 0.955 bits per heavy atom. The van der Waals surface area contributed by atoms with Gasteiger partial charge in [0.15, 0.2) is 0 Å². The predicted octanol–water partition coefficient (Wildman–Crippen LogP) is 3.60. The van der Waals surface area contributed by atoms with Crippen molar-refractivity contribution in [3.63, 3.8) is 0 Å². The summed E-state index contributed by atoms with van der Waals surface area (Å²) < 4.78 is 27.6. The van der Waals surface area contributed by atoms with E-state index in [1.54, 1.807) is 24.3 Å². The van der Waals surface area contributed by atoms with Crippen molar-refractivity contribution in [2.75, 3.05) is 0 Å². The molecular formula is C18H21NO2S. The standard InChI is InChI=1S/C18H21NO2S/c1-14(19-22(20,21)18-9-3-2-4-10-18)16-12-11-15-7-5-6-8-17(15)13-16/h2-4,9-14,19H,5-8H2,1H3/t14-/m0/s1. The summed E-state index contributed by atoms with van der Waals surface area (Å²) in [6.07, 6.45) is 4.71. The lowest BCUT2D eigenvalue weighted by atomic mass is 9.89. The van der Waals surface area contributed by atoms with E-state index in [9.17, 15) is 8.42 Å². The summed E-state index contributed by atoms with van der Waals surface area (Å²) in [4.78, 5) is 0.305. The largest absolute Gasteiger partial charge is 0.241 e. The van der Waals surface area contributed by atoms with Gasteiger partial charge in [0.2, 0.25) is 10.0 Å². The molecule has 1 atom stereocenters. The molecule has 116 valence electrons. The van der Waals surface area contributed by atoms with Crippen LogP contribution in [0.5, 0.6) is 0 Å². The molecule has 0 amide bonds. The molecule has 0 heterocycles. The third-order valence-corrected chi connectivity index (χ3v) is 5.81. The van der Waals surface area contributed by atoms with Crippen molar-refractivity contribution in [1.29, 1.82) is 0 Å². The molecule has 2 aromatic rings. The fraction of sp³-hybridized carbons (Fsp3) is 0.333. The molecule has 0 radical (unpaired) electrons. The Hall–Kier alpha value is -1.65. The van der Waals surface area contributed by atoms with Crippen LogP contribution in [0.4, 0.5) is 0 Å². The number of sulfonamides is 1. The molecule has 0 fully saturated rings. The predicted molar refractivity (Wildman–Crippen MR) is 88.3 cm³/mol.